The molecule has 0 spiro atoms. The summed E-state index contributed by atoms with van der Waals surface area (Å²) in [4.78, 5) is 72.2. The molecule has 4 aromatic carbocycles. The van der Waals surface area contributed by atoms with Gasteiger partial charge in [-0.3, -0.25) is 37.4 Å². The van der Waals surface area contributed by atoms with Crippen molar-refractivity contribution >= 4 is 46.0 Å². The molecule has 108 heavy (non-hydrogen) atoms. The highest BCUT2D eigenvalue weighted by Crippen LogP contribution is 2.40. The van der Waals surface area contributed by atoms with E-state index in [4.69, 9.17) is 52.6 Å². The molecule has 4 aromatic heterocycles. The van der Waals surface area contributed by atoms with E-state index in [9.17, 15) is 19.2 Å². The minimum atomic E-state index is -0.0153. The van der Waals surface area contributed by atoms with Gasteiger partial charge in [-0.05, 0) is 290 Å². The molecule has 0 unspecified atom stereocenters. The van der Waals surface area contributed by atoms with Crippen LogP contribution in [0.5, 0.6) is 11.5 Å². The number of ether oxygens (including phenoxy) is 2. The molecule has 8 aromatic rings. The van der Waals surface area contributed by atoms with Crippen LogP contribution in [-0.4, -0.2) is 76.6 Å². The van der Waals surface area contributed by atoms with Crippen LogP contribution in [0.15, 0.2) is 67.7 Å². The van der Waals surface area contributed by atoms with E-state index in [0.717, 1.165) is 159 Å². The lowest BCUT2D eigenvalue weighted by Crippen LogP contribution is -2.30. The van der Waals surface area contributed by atoms with Gasteiger partial charge in [0.15, 0.2) is 0 Å². The number of halogens is 2. The zero-order chi connectivity index (χ0) is 78.2. The molecule has 4 aliphatic carbocycles. The maximum Gasteiger partial charge on any atom is 0.277 e. The minimum absolute atomic E-state index is 0.00308. The number of nitrogens with zero attached hydrogens (tertiary/aromatic N) is 8. The molecule has 0 atom stereocenters. The first-order valence-electron chi connectivity index (χ1n) is 40.6. The van der Waals surface area contributed by atoms with Crippen molar-refractivity contribution < 1.29 is 9.47 Å². The Hall–Kier alpha value is -8.22. The van der Waals surface area contributed by atoms with Crippen molar-refractivity contribution in [2.45, 2.75) is 302 Å². The van der Waals surface area contributed by atoms with Gasteiger partial charge in [-0.2, -0.15) is 0 Å². The molecule has 4 heterocycles. The lowest BCUT2D eigenvalue weighted by molar-refractivity contribution is 0.414. The second kappa shape index (κ2) is 38.9. The molecule has 20 heteroatoms. The number of aryl methyl sites for hydroxylation is 12. The fraction of sp³-hybridized carbons (Fsp3) is 0.545. The molecule has 12 rings (SSSR count). The van der Waals surface area contributed by atoms with Gasteiger partial charge >= 0.3 is 0 Å². The lowest BCUT2D eigenvalue weighted by Gasteiger charge is -2.22. The maximum absolute atomic E-state index is 13.3. The molecule has 4 N–H and O–H groups in total. The molecule has 18 nitrogen and oxygen atoms in total. The number of benzene rings is 4. The maximum atomic E-state index is 13.3. The number of hydrogen-bond acceptors (Lipinski definition) is 14. The van der Waals surface area contributed by atoms with Crippen LogP contribution in [-0.2, 0) is 77.5 Å². The third-order valence-electron chi connectivity index (χ3n) is 22.7. The van der Waals surface area contributed by atoms with Crippen LogP contribution in [0, 0.1) is 27.7 Å². The Kier molecular flexibility index (Phi) is 30.2. The molecule has 0 amide bonds. The van der Waals surface area contributed by atoms with Gasteiger partial charge in [0.1, 0.15) is 57.5 Å². The normalized spacial score (nSPS) is 13.4. The lowest BCUT2D eigenvalue weighted by atomic mass is 9.89. The number of rotatable bonds is 26. The Balaban J connectivity index is 0.000000166. The van der Waals surface area contributed by atoms with Gasteiger partial charge in [-0.25, -0.2) is 19.9 Å². The fourth-order valence-corrected chi connectivity index (χ4v) is 16.4. The van der Waals surface area contributed by atoms with Crippen LogP contribution >= 0.6 is 23.2 Å². The molecular weight excluding hydrogens is 1390 g/mol. The Morgan fingerprint density at radius 3 is 0.750 bits per heavy atom. The molecule has 0 aliphatic heterocycles. The summed E-state index contributed by atoms with van der Waals surface area (Å²) in [7, 11) is 3.38. The topological polar surface area (TPSA) is 206 Å². The second-order valence-corrected chi connectivity index (χ2v) is 30.2. The van der Waals surface area contributed by atoms with E-state index in [2.05, 4.69) is 125 Å². The van der Waals surface area contributed by atoms with Gasteiger partial charge < -0.3 is 30.7 Å². The average molecular weight is 1510 g/mol. The number of hydrogen-bond donors (Lipinski definition) is 4. The predicted octanol–water partition coefficient (Wildman–Crippen LogP) is 19.4. The highest BCUT2D eigenvalue weighted by molar-refractivity contribution is 6.33. The molecule has 584 valence electrons. The van der Waals surface area contributed by atoms with E-state index in [-0.39, 0.29) is 46.4 Å². The Morgan fingerprint density at radius 2 is 0.528 bits per heavy atom. The van der Waals surface area contributed by atoms with Crippen LogP contribution in [0.25, 0.3) is 45.6 Å². The van der Waals surface area contributed by atoms with Crippen LogP contribution in [0.2, 0.25) is 10.0 Å². The van der Waals surface area contributed by atoms with E-state index < -0.39 is 0 Å². The number of aromatic nitrogens is 8. The van der Waals surface area contributed by atoms with Crippen molar-refractivity contribution in [3.05, 3.63) is 167 Å². The zero-order valence-electron chi connectivity index (χ0n) is 68.1. The summed E-state index contributed by atoms with van der Waals surface area (Å²) in [6.07, 6.45) is 23.7. The van der Waals surface area contributed by atoms with Gasteiger partial charge in [-0.1, -0.05) is 78.6 Å². The van der Waals surface area contributed by atoms with E-state index in [0.29, 0.717) is 82.3 Å². The largest absolute Gasteiger partial charge is 0.496 e. The standard InChI is InChI=1S/C23H33N3O2.C22H30ClN3O.C22H31N3O2.C21H28ClN3O/c1-6-18(7-2)25-21-15(4)24-22(26(8-3)23(21)27)19-13-16-11-9-10-12-17(16)14-20(19)28-5;1-5-17(6-2)25-20-14(4)24-21(26(7-3)22(20)27)18-12-15-10-8-9-11-16(15)13-19(18)23;1-6-17(7-2)24-20-14(4)23-21(25(8-3)22(20)26)18-12-15-10-9-11-16(15)13-19(18)27-5;1-5-16(6-2)24-19-13(4)23-20(25(7-3)21(19)26)17-11-14-9-8-10-15(14)12-18(17)22/h13-14,18,25H,6-12H2,1-5H3;12-13,17,25H,5-11H2,1-4H3;12-13,17,24H,6-11H2,1-5H3;11-12,16,24H,5-10H2,1-4H3. The van der Waals surface area contributed by atoms with Crippen molar-refractivity contribution in [1.82, 2.24) is 38.2 Å². The van der Waals surface area contributed by atoms with Crippen molar-refractivity contribution in [3.63, 3.8) is 0 Å². The first kappa shape index (κ1) is 83.8. The van der Waals surface area contributed by atoms with Crippen LogP contribution in [0.4, 0.5) is 22.7 Å². The molecule has 0 saturated heterocycles. The van der Waals surface area contributed by atoms with E-state index in [1.807, 2.05) is 55.4 Å². The second-order valence-electron chi connectivity index (χ2n) is 29.4. The SMILES string of the molecule is CCC(CC)Nc1c(C)nc(-c2cc3c(cc2Cl)CCC3)n(CC)c1=O.CCC(CC)Nc1c(C)nc(-c2cc3c(cc2Cl)CCCC3)n(CC)c1=O.CCC(CC)Nc1c(C)nc(-c2cc3c(cc2OC)CCC3)n(CC)c1=O.CCC(CC)Nc1c(C)nc(-c2cc3c(cc2OC)CCCC3)n(CC)c1=O. The summed E-state index contributed by atoms with van der Waals surface area (Å²) in [5.74, 6) is 4.34. The molecular formula is C88H122Cl2N12O6. The van der Waals surface area contributed by atoms with Crippen LogP contribution in [0.1, 0.15) is 240 Å². The van der Waals surface area contributed by atoms with Crippen molar-refractivity contribution in [2.24, 2.45) is 0 Å². The van der Waals surface area contributed by atoms with E-state index in [1.54, 1.807) is 32.5 Å². The van der Waals surface area contributed by atoms with Gasteiger partial charge in [0, 0.05) is 61.5 Å². The molecule has 4 aliphatic rings. The van der Waals surface area contributed by atoms with Crippen molar-refractivity contribution in [3.8, 4) is 57.1 Å². The monoisotopic (exact) mass is 1510 g/mol. The Labute approximate surface area is 652 Å². The number of anilines is 4. The first-order chi connectivity index (χ1) is 52.1. The molecule has 0 radical (unpaired) electrons. The summed E-state index contributed by atoms with van der Waals surface area (Å²) in [6, 6.07) is 18.1. The highest BCUT2D eigenvalue weighted by Gasteiger charge is 2.28. The van der Waals surface area contributed by atoms with E-state index in [1.165, 1.54) is 83.0 Å². The summed E-state index contributed by atoms with van der Waals surface area (Å²) in [5.41, 5.74) is 19.7. The molecule has 0 saturated carbocycles. The summed E-state index contributed by atoms with van der Waals surface area (Å²) < 4.78 is 18.4. The number of methoxy groups -OCH3 is 2. The highest BCUT2D eigenvalue weighted by atomic mass is 35.5. The first-order valence-corrected chi connectivity index (χ1v) is 41.4. The van der Waals surface area contributed by atoms with Crippen LogP contribution in [0.3, 0.4) is 0 Å². The smallest absolute Gasteiger partial charge is 0.277 e. The average Bonchev–Trinajstić information content (AvgIpc) is 1.03. The summed E-state index contributed by atoms with van der Waals surface area (Å²) in [6.45, 7) is 34.9. The van der Waals surface area contributed by atoms with Gasteiger partial charge in [0.05, 0.1) is 58.2 Å². The Bertz CT molecular complexity index is 4710. The quantitative estimate of drug-likeness (QED) is 0.0398. The third kappa shape index (κ3) is 18.6. The number of nitrogens with one attached hydrogen (secondary N) is 4. The minimum Gasteiger partial charge on any atom is -0.496 e. The molecule has 0 fully saturated rings. The van der Waals surface area contributed by atoms with E-state index >= 15 is 0 Å². The Morgan fingerprint density at radius 1 is 0.324 bits per heavy atom. The molecule has 0 bridgehead atoms. The fourth-order valence-electron chi connectivity index (χ4n) is 15.8. The zero-order valence-corrected chi connectivity index (χ0v) is 69.6. The summed E-state index contributed by atoms with van der Waals surface area (Å²) in [5, 5.41) is 15.0. The predicted molar refractivity (Wildman–Crippen MR) is 450 cm³/mol. The van der Waals surface area contributed by atoms with Gasteiger partial charge in [0.2, 0.25) is 0 Å². The summed E-state index contributed by atoms with van der Waals surface area (Å²) >= 11 is 13.2. The van der Waals surface area contributed by atoms with Gasteiger partial charge in [-0.15, -0.1) is 0 Å². The van der Waals surface area contributed by atoms with Gasteiger partial charge in [0.25, 0.3) is 22.2 Å². The third-order valence-corrected chi connectivity index (χ3v) is 23.3. The van der Waals surface area contributed by atoms with Crippen LogP contribution < -0.4 is 53.0 Å². The van der Waals surface area contributed by atoms with Crippen molar-refractivity contribution in [2.75, 3.05) is 35.5 Å². The van der Waals surface area contributed by atoms with Crippen molar-refractivity contribution in [1.29, 1.82) is 0 Å². The number of fused-ring (bicyclic) bond motifs is 4.